The first-order valence-electron chi connectivity index (χ1n) is 6.77. The van der Waals surface area contributed by atoms with Crippen LogP contribution in [0.3, 0.4) is 0 Å². The van der Waals surface area contributed by atoms with Gasteiger partial charge in [0.15, 0.2) is 0 Å². The minimum absolute atomic E-state index is 0.0192. The zero-order chi connectivity index (χ0) is 15.6. The van der Waals surface area contributed by atoms with E-state index in [1.807, 2.05) is 27.0 Å². The monoisotopic (exact) mass is 309 g/mol. The van der Waals surface area contributed by atoms with Crippen molar-refractivity contribution in [2.45, 2.75) is 20.3 Å². The van der Waals surface area contributed by atoms with Crippen LogP contribution in [0.25, 0.3) is 10.2 Å². The third-order valence-corrected chi connectivity index (χ3v) is 4.43. The van der Waals surface area contributed by atoms with E-state index in [9.17, 15) is 9.59 Å². The Bertz CT molecular complexity index is 640. The highest BCUT2D eigenvalue weighted by Gasteiger charge is 2.22. The van der Waals surface area contributed by atoms with Gasteiger partial charge < -0.3 is 9.64 Å². The smallest absolute Gasteiger partial charge is 0.325 e. The fraction of sp³-hybridized carbons (Fsp3) is 0.500. The van der Waals surface area contributed by atoms with Crippen LogP contribution in [0.2, 0.25) is 0 Å². The maximum absolute atomic E-state index is 12.6. The zero-order valence-corrected chi connectivity index (χ0v) is 13.5. The lowest BCUT2D eigenvalue weighted by atomic mass is 10.3. The van der Waals surface area contributed by atoms with Gasteiger partial charge in [-0.1, -0.05) is 6.92 Å². The summed E-state index contributed by atoms with van der Waals surface area (Å²) in [7, 11) is 3.18. The molecule has 0 aliphatic heterocycles. The number of methoxy groups -OCH3 is 1. The molecule has 114 valence electrons. The molecule has 0 saturated carbocycles. The molecule has 0 spiro atoms. The first kappa shape index (κ1) is 15.5. The van der Waals surface area contributed by atoms with Crippen LogP contribution in [-0.4, -0.2) is 46.8 Å². The molecule has 6 nitrogen and oxygen atoms in total. The predicted octanol–water partition coefficient (Wildman–Crippen LogP) is 1.97. The van der Waals surface area contributed by atoms with E-state index in [2.05, 4.69) is 9.84 Å². The lowest BCUT2D eigenvalue weighted by Gasteiger charge is -2.19. The first-order chi connectivity index (χ1) is 9.97. The summed E-state index contributed by atoms with van der Waals surface area (Å²) in [5.74, 6) is -0.543. The third-order valence-electron chi connectivity index (χ3n) is 3.24. The Morgan fingerprint density at radius 3 is 2.76 bits per heavy atom. The third kappa shape index (κ3) is 3.07. The number of thiophene rings is 1. The van der Waals surface area contributed by atoms with Crippen LogP contribution in [0.1, 0.15) is 28.7 Å². The Kier molecular flexibility index (Phi) is 4.62. The van der Waals surface area contributed by atoms with Crippen molar-refractivity contribution < 1.29 is 14.3 Å². The quantitative estimate of drug-likeness (QED) is 0.792. The molecule has 2 aromatic heterocycles. The van der Waals surface area contributed by atoms with Gasteiger partial charge in [0.25, 0.3) is 5.91 Å². The SMILES string of the molecule is CCCN(CC(=O)OC)C(=O)c1cc2c(C)nn(C)c2s1. The molecule has 0 unspecified atom stereocenters. The molecule has 7 heteroatoms. The molecule has 2 heterocycles. The number of fused-ring (bicyclic) bond motifs is 1. The van der Waals surface area contributed by atoms with E-state index >= 15 is 0 Å². The Balaban J connectivity index is 2.29. The highest BCUT2D eigenvalue weighted by Crippen LogP contribution is 2.28. The number of carbonyl (C=O) groups is 2. The van der Waals surface area contributed by atoms with Crippen molar-refractivity contribution in [3.8, 4) is 0 Å². The molecule has 2 aromatic rings. The minimum Gasteiger partial charge on any atom is -0.468 e. The van der Waals surface area contributed by atoms with Gasteiger partial charge in [-0.25, -0.2) is 0 Å². The Morgan fingerprint density at radius 2 is 2.19 bits per heavy atom. The number of aromatic nitrogens is 2. The summed E-state index contributed by atoms with van der Waals surface area (Å²) >= 11 is 1.40. The van der Waals surface area contributed by atoms with Crippen molar-refractivity contribution in [2.24, 2.45) is 7.05 Å². The molecule has 0 saturated heterocycles. The largest absolute Gasteiger partial charge is 0.468 e. The lowest BCUT2D eigenvalue weighted by molar-refractivity contribution is -0.141. The van der Waals surface area contributed by atoms with Crippen molar-refractivity contribution in [1.29, 1.82) is 0 Å². The van der Waals surface area contributed by atoms with Crippen LogP contribution in [0.15, 0.2) is 6.07 Å². The van der Waals surface area contributed by atoms with Gasteiger partial charge in [0.05, 0.1) is 17.7 Å². The van der Waals surface area contributed by atoms with E-state index in [-0.39, 0.29) is 12.5 Å². The molecule has 0 atom stereocenters. The fourth-order valence-electron chi connectivity index (χ4n) is 2.21. The molecule has 0 bridgehead atoms. The van der Waals surface area contributed by atoms with Gasteiger partial charge in [0, 0.05) is 19.0 Å². The van der Waals surface area contributed by atoms with Gasteiger partial charge in [-0.2, -0.15) is 5.10 Å². The number of rotatable bonds is 5. The van der Waals surface area contributed by atoms with Crippen LogP contribution in [-0.2, 0) is 16.6 Å². The summed E-state index contributed by atoms with van der Waals surface area (Å²) in [5, 5.41) is 5.31. The van der Waals surface area contributed by atoms with E-state index in [0.29, 0.717) is 11.4 Å². The van der Waals surface area contributed by atoms with Crippen LogP contribution in [0.4, 0.5) is 0 Å². The highest BCUT2D eigenvalue weighted by atomic mass is 32.1. The molecule has 0 radical (unpaired) electrons. The van der Waals surface area contributed by atoms with Gasteiger partial charge in [-0.15, -0.1) is 11.3 Å². The molecular formula is C14H19N3O3S. The number of aryl methyl sites for hydroxylation is 2. The highest BCUT2D eigenvalue weighted by molar-refractivity contribution is 7.20. The molecule has 0 aliphatic carbocycles. The molecule has 2 rings (SSSR count). The van der Waals surface area contributed by atoms with Gasteiger partial charge in [-0.05, 0) is 19.4 Å². The van der Waals surface area contributed by atoms with Gasteiger partial charge in [0.1, 0.15) is 11.4 Å². The van der Waals surface area contributed by atoms with Gasteiger partial charge in [-0.3, -0.25) is 14.3 Å². The molecule has 1 amide bonds. The Labute approximate surface area is 127 Å². The standard InChI is InChI=1S/C14H19N3O3S/c1-5-6-17(8-12(18)20-4)13(19)11-7-10-9(2)15-16(3)14(10)21-11/h7H,5-6,8H2,1-4H3. The van der Waals surface area contributed by atoms with Crippen molar-refractivity contribution >= 4 is 33.4 Å². The number of hydrogen-bond acceptors (Lipinski definition) is 5. The molecule has 0 aromatic carbocycles. The van der Waals surface area contributed by atoms with E-state index in [1.54, 1.807) is 4.68 Å². The summed E-state index contributed by atoms with van der Waals surface area (Å²) in [6, 6.07) is 1.85. The molecule has 0 fully saturated rings. The first-order valence-corrected chi connectivity index (χ1v) is 7.58. The molecule has 0 N–H and O–H groups in total. The van der Waals surface area contributed by atoms with Crippen LogP contribution in [0.5, 0.6) is 0 Å². The second kappa shape index (κ2) is 6.26. The van der Waals surface area contributed by atoms with E-state index in [0.717, 1.165) is 22.3 Å². The zero-order valence-electron chi connectivity index (χ0n) is 12.7. The minimum atomic E-state index is -0.407. The van der Waals surface area contributed by atoms with Crippen molar-refractivity contribution in [3.05, 3.63) is 16.6 Å². The maximum Gasteiger partial charge on any atom is 0.325 e. The summed E-state index contributed by atoms with van der Waals surface area (Å²) in [4.78, 5) is 27.1. The number of hydrogen-bond donors (Lipinski definition) is 0. The summed E-state index contributed by atoms with van der Waals surface area (Å²) in [5.41, 5.74) is 0.901. The molecule has 0 aliphatic rings. The molecular weight excluding hydrogens is 290 g/mol. The number of amides is 1. The number of esters is 1. The number of ether oxygens (including phenoxy) is 1. The van der Waals surface area contributed by atoms with Crippen molar-refractivity contribution in [2.75, 3.05) is 20.2 Å². The topological polar surface area (TPSA) is 64.4 Å². The Hall–Kier alpha value is -1.89. The molecule has 21 heavy (non-hydrogen) atoms. The van der Waals surface area contributed by atoms with Gasteiger partial charge in [0.2, 0.25) is 0 Å². The average molecular weight is 309 g/mol. The summed E-state index contributed by atoms with van der Waals surface area (Å²) in [6.07, 6.45) is 0.786. The Morgan fingerprint density at radius 1 is 1.48 bits per heavy atom. The van der Waals surface area contributed by atoms with Crippen LogP contribution >= 0.6 is 11.3 Å². The fourth-order valence-corrected chi connectivity index (χ4v) is 3.30. The maximum atomic E-state index is 12.6. The number of carbonyl (C=O) groups excluding carboxylic acids is 2. The van der Waals surface area contributed by atoms with E-state index in [1.165, 1.54) is 23.3 Å². The summed E-state index contributed by atoms with van der Waals surface area (Å²) < 4.78 is 6.43. The second-order valence-electron chi connectivity index (χ2n) is 4.84. The van der Waals surface area contributed by atoms with Crippen molar-refractivity contribution in [3.63, 3.8) is 0 Å². The van der Waals surface area contributed by atoms with Crippen LogP contribution < -0.4 is 0 Å². The lowest BCUT2D eigenvalue weighted by Crippen LogP contribution is -2.36. The second-order valence-corrected chi connectivity index (χ2v) is 5.87. The van der Waals surface area contributed by atoms with E-state index in [4.69, 9.17) is 0 Å². The summed E-state index contributed by atoms with van der Waals surface area (Å²) in [6.45, 7) is 4.40. The van der Waals surface area contributed by atoms with Gasteiger partial charge >= 0.3 is 5.97 Å². The van der Waals surface area contributed by atoms with Crippen LogP contribution in [0, 0.1) is 6.92 Å². The normalized spacial score (nSPS) is 10.9. The van der Waals surface area contributed by atoms with Crippen molar-refractivity contribution in [1.82, 2.24) is 14.7 Å². The average Bonchev–Trinajstić information content (AvgIpc) is 3.00. The number of nitrogens with zero attached hydrogens (tertiary/aromatic N) is 3. The van der Waals surface area contributed by atoms with E-state index < -0.39 is 5.97 Å². The predicted molar refractivity (Wildman–Crippen MR) is 81.5 cm³/mol.